The molecule has 10 nitrogen and oxygen atoms in total. The van der Waals surface area contributed by atoms with Gasteiger partial charge in [-0.1, -0.05) is 36.0 Å². The fraction of sp³-hybridized carbons (Fsp3) is 0.190. The van der Waals surface area contributed by atoms with Crippen LogP contribution in [0.4, 0.5) is 11.4 Å². The van der Waals surface area contributed by atoms with E-state index in [0.717, 1.165) is 11.8 Å². The Hall–Kier alpha value is -3.86. The van der Waals surface area contributed by atoms with Crippen molar-refractivity contribution in [1.29, 1.82) is 0 Å². The van der Waals surface area contributed by atoms with Gasteiger partial charge in [-0.25, -0.2) is 0 Å². The largest absolute Gasteiger partial charge is 0.326 e. The molecule has 2 aromatic rings. The topological polar surface area (TPSA) is 143 Å². The van der Waals surface area contributed by atoms with Crippen LogP contribution in [0.15, 0.2) is 58.7 Å². The second-order valence-electron chi connectivity index (χ2n) is 6.88. The van der Waals surface area contributed by atoms with Gasteiger partial charge in [0.05, 0.1) is 10.6 Å². The van der Waals surface area contributed by atoms with Crippen molar-refractivity contribution < 1.29 is 19.3 Å². The first-order valence-corrected chi connectivity index (χ1v) is 10.4. The van der Waals surface area contributed by atoms with Crippen LogP contribution in [0.5, 0.6) is 0 Å². The number of nitro groups is 1. The molecule has 0 radical (unpaired) electrons. The molecule has 0 saturated carbocycles. The lowest BCUT2D eigenvalue weighted by atomic mass is 10.1. The molecule has 1 aliphatic rings. The number of Topliss-reactive ketones (excluding diaryl/α,β-unsaturated/α-hetero) is 1. The molecule has 0 aliphatic carbocycles. The molecule has 164 valence electrons. The van der Waals surface area contributed by atoms with Crippen LogP contribution < -0.4 is 10.6 Å². The number of anilines is 1. The van der Waals surface area contributed by atoms with Crippen molar-refractivity contribution in [2.24, 2.45) is 10.2 Å². The number of nitrogens with one attached hydrogen (secondary N) is 2. The Morgan fingerprint density at radius 3 is 2.59 bits per heavy atom. The number of amides is 2. The highest BCUT2D eigenvalue weighted by atomic mass is 32.2. The number of carbonyl (C=O) groups excluding carboxylic acids is 3. The van der Waals surface area contributed by atoms with E-state index in [4.69, 9.17) is 0 Å². The van der Waals surface area contributed by atoms with E-state index in [1.807, 2.05) is 0 Å². The monoisotopic (exact) mass is 453 g/mol. The molecule has 1 saturated heterocycles. The van der Waals surface area contributed by atoms with Crippen LogP contribution in [-0.2, 0) is 9.59 Å². The van der Waals surface area contributed by atoms with Crippen LogP contribution in [-0.4, -0.2) is 38.7 Å². The second kappa shape index (κ2) is 9.96. The third kappa shape index (κ3) is 5.85. The molecule has 1 atom stereocenters. The highest BCUT2D eigenvalue weighted by molar-refractivity contribution is 8.15. The van der Waals surface area contributed by atoms with E-state index in [1.54, 1.807) is 43.3 Å². The lowest BCUT2D eigenvalue weighted by Crippen LogP contribution is -2.28. The van der Waals surface area contributed by atoms with Crippen molar-refractivity contribution in [2.45, 2.75) is 25.5 Å². The average Bonchev–Trinajstić information content (AvgIpc) is 3.11. The maximum absolute atomic E-state index is 12.3. The SMILES string of the molecule is CC(=O)c1cccc(NC(=O)CC2S/C(=N\N=C(/C)c3cccc([N+](=O)[O-])c3)NC2=O)c1. The van der Waals surface area contributed by atoms with Crippen molar-refractivity contribution in [3.05, 3.63) is 69.8 Å². The van der Waals surface area contributed by atoms with Gasteiger partial charge >= 0.3 is 0 Å². The summed E-state index contributed by atoms with van der Waals surface area (Å²) in [5.74, 6) is -0.867. The van der Waals surface area contributed by atoms with Crippen LogP contribution in [0, 0.1) is 10.1 Å². The summed E-state index contributed by atoms with van der Waals surface area (Å²) in [4.78, 5) is 46.4. The summed E-state index contributed by atoms with van der Waals surface area (Å²) in [6.45, 7) is 3.08. The number of non-ortho nitro benzene ring substituents is 1. The Balaban J connectivity index is 1.62. The Kier molecular flexibility index (Phi) is 7.11. The molecule has 3 rings (SSSR count). The van der Waals surface area contributed by atoms with Gasteiger partial charge in [-0.3, -0.25) is 24.5 Å². The van der Waals surface area contributed by atoms with E-state index in [-0.39, 0.29) is 34.9 Å². The summed E-state index contributed by atoms with van der Waals surface area (Å²) < 4.78 is 0. The van der Waals surface area contributed by atoms with Crippen LogP contribution in [0.25, 0.3) is 0 Å². The van der Waals surface area contributed by atoms with Gasteiger partial charge in [-0.2, -0.15) is 5.10 Å². The third-order valence-electron chi connectivity index (χ3n) is 4.47. The van der Waals surface area contributed by atoms with E-state index in [2.05, 4.69) is 20.8 Å². The van der Waals surface area contributed by atoms with Gasteiger partial charge in [0, 0.05) is 35.4 Å². The molecule has 0 aromatic heterocycles. The Bertz CT molecular complexity index is 1160. The first-order chi connectivity index (χ1) is 15.2. The van der Waals surface area contributed by atoms with Gasteiger partial charge in [0.1, 0.15) is 5.25 Å². The number of amidine groups is 1. The first-order valence-electron chi connectivity index (χ1n) is 9.48. The van der Waals surface area contributed by atoms with Crippen molar-refractivity contribution in [3.63, 3.8) is 0 Å². The Morgan fingerprint density at radius 1 is 1.16 bits per heavy atom. The zero-order chi connectivity index (χ0) is 23.3. The molecule has 32 heavy (non-hydrogen) atoms. The lowest BCUT2D eigenvalue weighted by molar-refractivity contribution is -0.384. The molecule has 1 heterocycles. The maximum atomic E-state index is 12.3. The predicted molar refractivity (Wildman–Crippen MR) is 122 cm³/mol. The number of nitrogens with zero attached hydrogens (tertiary/aromatic N) is 3. The fourth-order valence-corrected chi connectivity index (χ4v) is 3.72. The third-order valence-corrected chi connectivity index (χ3v) is 5.54. The van der Waals surface area contributed by atoms with E-state index in [0.29, 0.717) is 22.5 Å². The van der Waals surface area contributed by atoms with Gasteiger partial charge < -0.3 is 10.6 Å². The van der Waals surface area contributed by atoms with Crippen LogP contribution in [0.2, 0.25) is 0 Å². The molecule has 1 aliphatic heterocycles. The van der Waals surface area contributed by atoms with Gasteiger partial charge in [-0.05, 0) is 26.0 Å². The minimum atomic E-state index is -0.682. The van der Waals surface area contributed by atoms with Crippen molar-refractivity contribution in [1.82, 2.24) is 5.32 Å². The van der Waals surface area contributed by atoms with Gasteiger partial charge in [-0.15, -0.1) is 5.10 Å². The normalized spacial score (nSPS) is 17.2. The summed E-state index contributed by atoms with van der Waals surface area (Å²) in [5, 5.41) is 23.7. The standard InChI is InChI=1S/C21H19N5O5S/c1-12(14-5-4-8-17(10-14)26(30)31)24-25-21-23-20(29)18(32-21)11-19(28)22-16-7-3-6-15(9-16)13(2)27/h3-10,18H,11H2,1-2H3,(H,22,28)(H,23,25,29)/b24-12+. The summed E-state index contributed by atoms with van der Waals surface area (Å²) in [7, 11) is 0. The lowest BCUT2D eigenvalue weighted by Gasteiger charge is -2.08. The number of carbonyl (C=O) groups is 3. The second-order valence-corrected chi connectivity index (χ2v) is 8.07. The number of thioether (sulfide) groups is 1. The van der Waals surface area contributed by atoms with Crippen molar-refractivity contribution >= 4 is 51.6 Å². The van der Waals surface area contributed by atoms with Gasteiger partial charge in [0.15, 0.2) is 11.0 Å². The fourth-order valence-electron chi connectivity index (χ4n) is 2.81. The van der Waals surface area contributed by atoms with E-state index in [1.165, 1.54) is 19.1 Å². The van der Waals surface area contributed by atoms with E-state index in [9.17, 15) is 24.5 Å². The highest BCUT2D eigenvalue weighted by Crippen LogP contribution is 2.23. The highest BCUT2D eigenvalue weighted by Gasteiger charge is 2.32. The molecule has 2 aromatic carbocycles. The maximum Gasteiger partial charge on any atom is 0.270 e. The molecule has 0 spiro atoms. The van der Waals surface area contributed by atoms with E-state index >= 15 is 0 Å². The summed E-state index contributed by atoms with van der Waals surface area (Å²) >= 11 is 1.07. The molecular weight excluding hydrogens is 434 g/mol. The summed E-state index contributed by atoms with van der Waals surface area (Å²) in [6, 6.07) is 12.5. The minimum absolute atomic E-state index is 0.0619. The Morgan fingerprint density at radius 2 is 1.88 bits per heavy atom. The number of nitro benzene ring substituents is 1. The molecule has 2 amide bonds. The summed E-state index contributed by atoms with van der Waals surface area (Å²) in [6.07, 6.45) is -0.0899. The average molecular weight is 453 g/mol. The van der Waals surface area contributed by atoms with Gasteiger partial charge in [0.2, 0.25) is 11.8 Å². The summed E-state index contributed by atoms with van der Waals surface area (Å²) in [5.41, 5.74) is 1.84. The molecular formula is C21H19N5O5S. The van der Waals surface area contributed by atoms with Crippen LogP contribution in [0.3, 0.4) is 0 Å². The molecule has 11 heteroatoms. The van der Waals surface area contributed by atoms with E-state index < -0.39 is 10.2 Å². The number of ketones is 1. The van der Waals surface area contributed by atoms with Crippen LogP contribution >= 0.6 is 11.8 Å². The van der Waals surface area contributed by atoms with Gasteiger partial charge in [0.25, 0.3) is 5.69 Å². The molecule has 0 bridgehead atoms. The first kappa shape index (κ1) is 22.8. The quantitative estimate of drug-likeness (QED) is 0.285. The number of benzene rings is 2. The molecule has 2 N–H and O–H groups in total. The van der Waals surface area contributed by atoms with Crippen LogP contribution in [0.1, 0.15) is 36.2 Å². The predicted octanol–water partition coefficient (Wildman–Crippen LogP) is 3.14. The van der Waals surface area contributed by atoms with Crippen molar-refractivity contribution in [3.8, 4) is 0 Å². The minimum Gasteiger partial charge on any atom is -0.326 e. The van der Waals surface area contributed by atoms with Crippen molar-refractivity contribution in [2.75, 3.05) is 5.32 Å². The Labute approximate surface area is 187 Å². The molecule has 1 fully saturated rings. The number of hydrogen-bond acceptors (Lipinski definition) is 8. The zero-order valence-corrected chi connectivity index (χ0v) is 18.0. The molecule has 1 unspecified atom stereocenters. The number of rotatable bonds is 7. The zero-order valence-electron chi connectivity index (χ0n) is 17.2. The smallest absolute Gasteiger partial charge is 0.270 e. The number of hydrogen-bond donors (Lipinski definition) is 2.